The first kappa shape index (κ1) is 7.97. The van der Waals surface area contributed by atoms with Crippen LogP contribution in [0.3, 0.4) is 0 Å². The monoisotopic (exact) mass is 165 g/mol. The fourth-order valence-corrected chi connectivity index (χ4v) is 0.526. The van der Waals surface area contributed by atoms with Crippen molar-refractivity contribution in [3.8, 4) is 5.75 Å². The summed E-state index contributed by atoms with van der Waals surface area (Å²) in [6, 6.07) is 0. The minimum Gasteiger partial charge on any atom is -0.468 e. The van der Waals surface area contributed by atoms with Crippen molar-refractivity contribution >= 4 is 0 Å². The second kappa shape index (κ2) is 2.48. The van der Waals surface area contributed by atoms with Crippen LogP contribution in [0.15, 0.2) is 16.9 Å². The molecular formula is C6H4F3O2. The first-order valence-electron chi connectivity index (χ1n) is 2.63. The van der Waals surface area contributed by atoms with Crippen LogP contribution in [0.25, 0.3) is 0 Å². The Morgan fingerprint density at radius 3 is 2.36 bits per heavy atom. The number of hydrogen-bond donors (Lipinski definition) is 0. The van der Waals surface area contributed by atoms with Crippen LogP contribution in [-0.2, 0) is 0 Å². The Balaban J connectivity index is 2.72. The van der Waals surface area contributed by atoms with E-state index >= 15 is 0 Å². The first-order chi connectivity index (χ1) is 4.99. The van der Waals surface area contributed by atoms with Gasteiger partial charge in [-0.3, -0.25) is 0 Å². The summed E-state index contributed by atoms with van der Waals surface area (Å²) in [5.41, 5.74) is 0.0716. The predicted octanol–water partition coefficient (Wildman–Crippen LogP) is 2.36. The second-order valence-corrected chi connectivity index (χ2v) is 1.81. The fraction of sp³-hybridized carbons (Fsp3) is 0.167. The molecule has 0 unspecified atom stereocenters. The third-order valence-corrected chi connectivity index (χ3v) is 0.928. The van der Waals surface area contributed by atoms with E-state index in [1.807, 2.05) is 0 Å². The largest absolute Gasteiger partial charge is 0.573 e. The first-order valence-corrected chi connectivity index (χ1v) is 2.63. The maximum absolute atomic E-state index is 11.5. The summed E-state index contributed by atoms with van der Waals surface area (Å²) in [6.07, 6.45) is -2.77. The topological polar surface area (TPSA) is 22.4 Å². The molecule has 2 nitrogen and oxygen atoms in total. The van der Waals surface area contributed by atoms with Gasteiger partial charge >= 0.3 is 6.36 Å². The van der Waals surface area contributed by atoms with E-state index < -0.39 is 12.1 Å². The van der Waals surface area contributed by atoms with Crippen LogP contribution in [0.4, 0.5) is 13.2 Å². The van der Waals surface area contributed by atoms with E-state index in [0.29, 0.717) is 0 Å². The Morgan fingerprint density at radius 1 is 1.36 bits per heavy atom. The highest BCUT2D eigenvalue weighted by atomic mass is 19.4. The van der Waals surface area contributed by atoms with Crippen LogP contribution in [0, 0.1) is 6.92 Å². The lowest BCUT2D eigenvalue weighted by atomic mass is 10.4. The minimum atomic E-state index is -4.68. The Bertz CT molecular complexity index is 238. The maximum Gasteiger partial charge on any atom is 0.573 e. The molecular weight excluding hydrogens is 161 g/mol. The quantitative estimate of drug-likeness (QED) is 0.637. The van der Waals surface area contributed by atoms with E-state index in [2.05, 4.69) is 16.1 Å². The number of ether oxygens (including phenoxy) is 1. The minimum absolute atomic E-state index is 0.0716. The van der Waals surface area contributed by atoms with Crippen molar-refractivity contribution in [2.24, 2.45) is 0 Å². The van der Waals surface area contributed by atoms with Crippen molar-refractivity contribution in [2.45, 2.75) is 6.36 Å². The van der Waals surface area contributed by atoms with E-state index in [-0.39, 0.29) is 5.56 Å². The SMILES string of the molecule is [CH2]c1cocc1OC(F)(F)F. The van der Waals surface area contributed by atoms with Crippen molar-refractivity contribution in [3.05, 3.63) is 25.0 Å². The van der Waals surface area contributed by atoms with E-state index in [0.717, 1.165) is 12.5 Å². The average Bonchev–Trinajstić information content (AvgIpc) is 2.12. The highest BCUT2D eigenvalue weighted by Gasteiger charge is 2.32. The predicted molar refractivity (Wildman–Crippen MR) is 29.8 cm³/mol. The van der Waals surface area contributed by atoms with Crippen molar-refractivity contribution in [3.63, 3.8) is 0 Å². The molecule has 1 heterocycles. The standard InChI is InChI=1S/C6H4F3O2/c1-4-2-10-3-5(4)11-6(7,8)9/h2-3H,1H2. The Hall–Kier alpha value is -1.13. The van der Waals surface area contributed by atoms with Crippen LogP contribution in [0.1, 0.15) is 5.56 Å². The van der Waals surface area contributed by atoms with Gasteiger partial charge in [-0.25, -0.2) is 0 Å². The molecule has 0 spiro atoms. The highest BCUT2D eigenvalue weighted by Crippen LogP contribution is 2.26. The molecule has 0 aliphatic carbocycles. The molecule has 0 bridgehead atoms. The van der Waals surface area contributed by atoms with E-state index in [4.69, 9.17) is 0 Å². The van der Waals surface area contributed by atoms with E-state index in [1.54, 1.807) is 0 Å². The van der Waals surface area contributed by atoms with Gasteiger partial charge in [-0.05, 0) is 6.92 Å². The Labute approximate surface area is 60.6 Å². The van der Waals surface area contributed by atoms with Crippen LogP contribution < -0.4 is 4.74 Å². The van der Waals surface area contributed by atoms with Crippen molar-refractivity contribution < 1.29 is 22.3 Å². The van der Waals surface area contributed by atoms with Gasteiger partial charge in [0.05, 0.1) is 6.26 Å². The van der Waals surface area contributed by atoms with E-state index in [9.17, 15) is 13.2 Å². The molecule has 1 aromatic heterocycles. The molecule has 11 heavy (non-hydrogen) atoms. The molecule has 0 aliphatic rings. The zero-order valence-corrected chi connectivity index (χ0v) is 5.31. The number of rotatable bonds is 1. The summed E-state index contributed by atoms with van der Waals surface area (Å²) in [6.45, 7) is 3.25. The van der Waals surface area contributed by atoms with Gasteiger partial charge in [0.25, 0.3) is 0 Å². The molecule has 1 rings (SSSR count). The molecule has 1 radical (unpaired) electrons. The Morgan fingerprint density at radius 2 is 2.00 bits per heavy atom. The van der Waals surface area contributed by atoms with Gasteiger partial charge in [0.15, 0.2) is 5.75 Å². The zero-order chi connectivity index (χ0) is 8.48. The third-order valence-electron chi connectivity index (χ3n) is 0.928. The van der Waals surface area contributed by atoms with Gasteiger partial charge in [0, 0.05) is 5.56 Å². The van der Waals surface area contributed by atoms with Crippen molar-refractivity contribution in [1.82, 2.24) is 0 Å². The average molecular weight is 165 g/mol. The molecule has 1 aromatic rings. The van der Waals surface area contributed by atoms with Crippen LogP contribution in [0.5, 0.6) is 5.75 Å². The van der Waals surface area contributed by atoms with Gasteiger partial charge < -0.3 is 9.15 Å². The van der Waals surface area contributed by atoms with Crippen LogP contribution in [0.2, 0.25) is 0 Å². The van der Waals surface area contributed by atoms with Crippen LogP contribution in [-0.4, -0.2) is 6.36 Å². The molecule has 0 fully saturated rings. The van der Waals surface area contributed by atoms with Gasteiger partial charge in [-0.1, -0.05) is 0 Å². The van der Waals surface area contributed by atoms with Gasteiger partial charge in [-0.15, -0.1) is 13.2 Å². The maximum atomic E-state index is 11.5. The molecule has 0 N–H and O–H groups in total. The van der Waals surface area contributed by atoms with Crippen molar-refractivity contribution in [1.29, 1.82) is 0 Å². The third kappa shape index (κ3) is 2.18. The molecule has 0 saturated heterocycles. The molecule has 0 atom stereocenters. The van der Waals surface area contributed by atoms with Crippen molar-refractivity contribution in [2.75, 3.05) is 0 Å². The summed E-state index contributed by atoms with van der Waals surface area (Å²) >= 11 is 0. The summed E-state index contributed by atoms with van der Waals surface area (Å²) in [4.78, 5) is 0. The second-order valence-electron chi connectivity index (χ2n) is 1.81. The lowest BCUT2D eigenvalue weighted by Gasteiger charge is -2.05. The number of furan rings is 1. The van der Waals surface area contributed by atoms with Gasteiger partial charge in [0.1, 0.15) is 6.26 Å². The molecule has 5 heteroatoms. The molecule has 0 saturated carbocycles. The zero-order valence-electron chi connectivity index (χ0n) is 5.31. The summed E-state index contributed by atoms with van der Waals surface area (Å²) < 4.78 is 42.4. The van der Waals surface area contributed by atoms with Crippen LogP contribution >= 0.6 is 0 Å². The summed E-state index contributed by atoms with van der Waals surface area (Å²) in [5, 5.41) is 0. The number of halogens is 3. The van der Waals surface area contributed by atoms with E-state index in [1.165, 1.54) is 0 Å². The number of hydrogen-bond acceptors (Lipinski definition) is 2. The summed E-state index contributed by atoms with van der Waals surface area (Å²) in [7, 11) is 0. The molecule has 0 aliphatic heterocycles. The summed E-state index contributed by atoms with van der Waals surface area (Å²) in [5.74, 6) is -0.405. The normalized spacial score (nSPS) is 11.6. The highest BCUT2D eigenvalue weighted by molar-refractivity contribution is 5.30. The molecule has 0 aromatic carbocycles. The Kier molecular flexibility index (Phi) is 1.80. The molecule has 0 amide bonds. The molecule has 61 valence electrons. The smallest absolute Gasteiger partial charge is 0.468 e. The fourth-order valence-electron chi connectivity index (χ4n) is 0.526. The lowest BCUT2D eigenvalue weighted by Crippen LogP contribution is -2.17. The lowest BCUT2D eigenvalue weighted by molar-refractivity contribution is -0.274. The van der Waals surface area contributed by atoms with Gasteiger partial charge in [0.2, 0.25) is 0 Å². The van der Waals surface area contributed by atoms with Gasteiger partial charge in [-0.2, -0.15) is 0 Å². The number of alkyl halides is 3.